The highest BCUT2D eigenvalue weighted by Gasteiger charge is 2.23. The summed E-state index contributed by atoms with van der Waals surface area (Å²) in [7, 11) is -2.39. The lowest BCUT2D eigenvalue weighted by molar-refractivity contribution is -0.122. The van der Waals surface area contributed by atoms with Crippen LogP contribution in [0.25, 0.3) is 0 Å². The Morgan fingerprint density at radius 2 is 1.89 bits per heavy atom. The van der Waals surface area contributed by atoms with Gasteiger partial charge in [0.05, 0.1) is 29.7 Å². The zero-order chi connectivity index (χ0) is 20.7. The summed E-state index contributed by atoms with van der Waals surface area (Å²) in [4.78, 5) is 12.3. The second-order valence-electron chi connectivity index (χ2n) is 5.90. The molecule has 0 aliphatic rings. The number of ether oxygens (including phenoxy) is 2. The van der Waals surface area contributed by atoms with Crippen molar-refractivity contribution in [1.82, 2.24) is 10.0 Å². The van der Waals surface area contributed by atoms with Crippen LogP contribution in [0, 0.1) is 0 Å². The molecule has 2 N–H and O–H groups in total. The number of para-hydroxylation sites is 1. The van der Waals surface area contributed by atoms with Gasteiger partial charge in [-0.1, -0.05) is 29.8 Å². The number of halogens is 1. The van der Waals surface area contributed by atoms with Crippen LogP contribution in [-0.4, -0.2) is 34.1 Å². The van der Waals surface area contributed by atoms with E-state index in [4.69, 9.17) is 21.1 Å². The summed E-state index contributed by atoms with van der Waals surface area (Å²) in [5.41, 5.74) is 0.784. The predicted molar refractivity (Wildman–Crippen MR) is 107 cm³/mol. The van der Waals surface area contributed by atoms with Gasteiger partial charge in [-0.25, -0.2) is 8.42 Å². The molecular weight excluding hydrogens is 404 g/mol. The molecule has 0 spiro atoms. The topological polar surface area (TPSA) is 93.7 Å². The highest BCUT2D eigenvalue weighted by atomic mass is 35.5. The smallest absolute Gasteiger partial charge is 0.241 e. The summed E-state index contributed by atoms with van der Waals surface area (Å²) in [6.07, 6.45) is 0. The maximum atomic E-state index is 12.5. The van der Waals surface area contributed by atoms with E-state index in [1.807, 2.05) is 18.2 Å². The van der Waals surface area contributed by atoms with E-state index in [1.54, 1.807) is 20.1 Å². The molecule has 1 atom stereocenters. The minimum Gasteiger partial charge on any atom is -0.496 e. The summed E-state index contributed by atoms with van der Waals surface area (Å²) in [5.74, 6) is 0.567. The molecule has 152 valence electrons. The first-order chi connectivity index (χ1) is 13.3. The Bertz CT molecular complexity index is 934. The van der Waals surface area contributed by atoms with E-state index in [9.17, 15) is 13.2 Å². The molecule has 0 saturated heterocycles. The number of benzene rings is 2. The molecule has 0 aliphatic carbocycles. The standard InChI is InChI=1S/C19H23ClN2O5S/c1-4-27-18-10-9-15(11-16(18)20)28(24,25)22-13(2)19(23)21-12-14-7-5-6-8-17(14)26-3/h5-11,13,22H,4,12H2,1-3H3,(H,21,23). The van der Waals surface area contributed by atoms with Crippen LogP contribution in [0.5, 0.6) is 11.5 Å². The third-order valence-corrected chi connectivity index (χ3v) is 5.72. The van der Waals surface area contributed by atoms with Crippen LogP contribution in [0.3, 0.4) is 0 Å². The zero-order valence-corrected chi connectivity index (χ0v) is 17.4. The molecule has 2 rings (SSSR count). The van der Waals surface area contributed by atoms with E-state index in [0.717, 1.165) is 5.56 Å². The lowest BCUT2D eigenvalue weighted by Gasteiger charge is -2.16. The summed E-state index contributed by atoms with van der Waals surface area (Å²) in [6, 6.07) is 10.4. The molecule has 0 heterocycles. The Morgan fingerprint density at radius 3 is 2.54 bits per heavy atom. The number of hydrogen-bond donors (Lipinski definition) is 2. The normalized spacial score (nSPS) is 12.3. The molecule has 1 unspecified atom stereocenters. The van der Waals surface area contributed by atoms with E-state index >= 15 is 0 Å². The minimum atomic E-state index is -3.93. The first-order valence-corrected chi connectivity index (χ1v) is 10.5. The maximum absolute atomic E-state index is 12.5. The van der Waals surface area contributed by atoms with Crippen LogP contribution in [0.15, 0.2) is 47.4 Å². The van der Waals surface area contributed by atoms with Crippen molar-refractivity contribution in [3.8, 4) is 11.5 Å². The minimum absolute atomic E-state index is 0.0506. The van der Waals surface area contributed by atoms with Gasteiger partial charge in [-0.2, -0.15) is 4.72 Å². The molecule has 0 radical (unpaired) electrons. The Hall–Kier alpha value is -2.29. The van der Waals surface area contributed by atoms with Gasteiger partial charge < -0.3 is 14.8 Å². The van der Waals surface area contributed by atoms with Crippen molar-refractivity contribution < 1.29 is 22.7 Å². The van der Waals surface area contributed by atoms with Crippen molar-refractivity contribution in [3.63, 3.8) is 0 Å². The number of rotatable bonds is 9. The van der Waals surface area contributed by atoms with Gasteiger partial charge >= 0.3 is 0 Å². The quantitative estimate of drug-likeness (QED) is 0.643. The van der Waals surface area contributed by atoms with Gasteiger partial charge in [0, 0.05) is 12.1 Å². The monoisotopic (exact) mass is 426 g/mol. The highest BCUT2D eigenvalue weighted by Crippen LogP contribution is 2.27. The zero-order valence-electron chi connectivity index (χ0n) is 15.9. The summed E-state index contributed by atoms with van der Waals surface area (Å²) >= 11 is 6.05. The van der Waals surface area contributed by atoms with E-state index in [-0.39, 0.29) is 16.5 Å². The summed E-state index contributed by atoms with van der Waals surface area (Å²) in [6.45, 7) is 3.89. The van der Waals surface area contributed by atoms with Gasteiger partial charge in [-0.3, -0.25) is 4.79 Å². The molecule has 0 fully saturated rings. The molecule has 2 aromatic carbocycles. The average Bonchev–Trinajstić information content (AvgIpc) is 2.67. The fourth-order valence-electron chi connectivity index (χ4n) is 2.46. The van der Waals surface area contributed by atoms with Gasteiger partial charge in [0.1, 0.15) is 11.5 Å². The van der Waals surface area contributed by atoms with E-state index in [0.29, 0.717) is 18.1 Å². The number of carbonyl (C=O) groups excluding carboxylic acids is 1. The van der Waals surface area contributed by atoms with E-state index < -0.39 is 22.0 Å². The molecule has 0 saturated carbocycles. The Labute approximate surface area is 170 Å². The molecule has 2 aromatic rings. The lowest BCUT2D eigenvalue weighted by Crippen LogP contribution is -2.44. The van der Waals surface area contributed by atoms with E-state index in [1.165, 1.54) is 25.1 Å². The van der Waals surface area contributed by atoms with Crippen molar-refractivity contribution in [3.05, 3.63) is 53.1 Å². The Balaban J connectivity index is 2.03. The van der Waals surface area contributed by atoms with Crippen LogP contribution in [-0.2, 0) is 21.4 Å². The number of hydrogen-bond acceptors (Lipinski definition) is 5. The molecule has 9 heteroatoms. The number of carbonyl (C=O) groups is 1. The second kappa shape index (κ2) is 9.77. The van der Waals surface area contributed by atoms with Crippen molar-refractivity contribution >= 4 is 27.5 Å². The van der Waals surface area contributed by atoms with E-state index in [2.05, 4.69) is 10.0 Å². The Morgan fingerprint density at radius 1 is 1.18 bits per heavy atom. The van der Waals surface area contributed by atoms with Crippen molar-refractivity contribution in [2.45, 2.75) is 31.3 Å². The second-order valence-corrected chi connectivity index (χ2v) is 8.02. The fourth-order valence-corrected chi connectivity index (χ4v) is 3.99. The molecule has 28 heavy (non-hydrogen) atoms. The molecule has 0 aliphatic heterocycles. The van der Waals surface area contributed by atoms with Gasteiger partial charge in [0.2, 0.25) is 15.9 Å². The first kappa shape index (κ1) is 22.0. The molecule has 0 bridgehead atoms. The van der Waals surface area contributed by atoms with Crippen LogP contribution < -0.4 is 19.5 Å². The largest absolute Gasteiger partial charge is 0.496 e. The number of nitrogens with one attached hydrogen (secondary N) is 2. The third-order valence-electron chi connectivity index (χ3n) is 3.88. The molecule has 0 aromatic heterocycles. The van der Waals surface area contributed by atoms with Gasteiger partial charge in [0.25, 0.3) is 0 Å². The average molecular weight is 427 g/mol. The van der Waals surface area contributed by atoms with Crippen LogP contribution >= 0.6 is 11.6 Å². The molecule has 1 amide bonds. The van der Waals surface area contributed by atoms with Crippen LogP contribution in [0.2, 0.25) is 5.02 Å². The number of sulfonamides is 1. The van der Waals surface area contributed by atoms with Crippen LogP contribution in [0.4, 0.5) is 0 Å². The summed E-state index contributed by atoms with van der Waals surface area (Å²) in [5, 5.41) is 2.87. The first-order valence-electron chi connectivity index (χ1n) is 8.62. The number of amides is 1. The van der Waals surface area contributed by atoms with Gasteiger partial charge in [-0.15, -0.1) is 0 Å². The maximum Gasteiger partial charge on any atom is 0.241 e. The Kier molecular flexibility index (Phi) is 7.68. The molecule has 7 nitrogen and oxygen atoms in total. The highest BCUT2D eigenvalue weighted by molar-refractivity contribution is 7.89. The van der Waals surface area contributed by atoms with Crippen molar-refractivity contribution in [2.24, 2.45) is 0 Å². The fraction of sp³-hybridized carbons (Fsp3) is 0.316. The van der Waals surface area contributed by atoms with Crippen LogP contribution in [0.1, 0.15) is 19.4 Å². The molecular formula is C19H23ClN2O5S. The SMILES string of the molecule is CCOc1ccc(S(=O)(=O)NC(C)C(=O)NCc2ccccc2OC)cc1Cl. The number of methoxy groups -OCH3 is 1. The van der Waals surface area contributed by atoms with Gasteiger partial charge in [-0.05, 0) is 38.1 Å². The predicted octanol–water partition coefficient (Wildman–Crippen LogP) is 2.73. The third kappa shape index (κ3) is 5.60. The lowest BCUT2D eigenvalue weighted by atomic mass is 10.2. The summed E-state index contributed by atoms with van der Waals surface area (Å²) < 4.78 is 37.9. The van der Waals surface area contributed by atoms with Crippen molar-refractivity contribution in [2.75, 3.05) is 13.7 Å². The van der Waals surface area contributed by atoms with Gasteiger partial charge in [0.15, 0.2) is 0 Å². The van der Waals surface area contributed by atoms with Crippen molar-refractivity contribution in [1.29, 1.82) is 0 Å².